The molecule has 0 radical (unpaired) electrons. The second-order valence-electron chi connectivity index (χ2n) is 5.11. The summed E-state index contributed by atoms with van der Waals surface area (Å²) in [6, 6.07) is 11.5. The standard InChI is InChI=1S/C16H18N2/c1-12-3-2-4-14(7-12)15-8-13(9-17-11-15)10-18-16-5-6-16/h2-4,7-9,11,16,18H,5-6,10H2,1H3. The first-order valence-electron chi connectivity index (χ1n) is 6.55. The Morgan fingerprint density at radius 3 is 2.83 bits per heavy atom. The van der Waals surface area contributed by atoms with Gasteiger partial charge in [0.2, 0.25) is 0 Å². The number of aromatic nitrogens is 1. The van der Waals surface area contributed by atoms with E-state index in [2.05, 4.69) is 47.6 Å². The highest BCUT2D eigenvalue weighted by Crippen LogP contribution is 2.22. The van der Waals surface area contributed by atoms with Crippen LogP contribution in [-0.2, 0) is 6.54 Å². The first-order valence-corrected chi connectivity index (χ1v) is 6.55. The number of rotatable bonds is 4. The highest BCUT2D eigenvalue weighted by molar-refractivity contribution is 5.63. The maximum absolute atomic E-state index is 4.35. The molecule has 1 heterocycles. The highest BCUT2D eigenvalue weighted by Gasteiger charge is 2.19. The molecule has 2 heteroatoms. The van der Waals surface area contributed by atoms with E-state index in [-0.39, 0.29) is 0 Å². The number of aryl methyl sites for hydroxylation is 1. The third-order valence-corrected chi connectivity index (χ3v) is 3.32. The summed E-state index contributed by atoms with van der Waals surface area (Å²) in [5.41, 5.74) is 5.00. The largest absolute Gasteiger partial charge is 0.310 e. The fourth-order valence-corrected chi connectivity index (χ4v) is 2.12. The Morgan fingerprint density at radius 1 is 1.17 bits per heavy atom. The van der Waals surface area contributed by atoms with Gasteiger partial charge in [-0.25, -0.2) is 0 Å². The van der Waals surface area contributed by atoms with Gasteiger partial charge in [0.1, 0.15) is 0 Å². The molecule has 2 aromatic rings. The Morgan fingerprint density at radius 2 is 2.06 bits per heavy atom. The summed E-state index contributed by atoms with van der Waals surface area (Å²) in [6.07, 6.45) is 6.54. The van der Waals surface area contributed by atoms with Crippen LogP contribution in [0.25, 0.3) is 11.1 Å². The Hall–Kier alpha value is -1.67. The van der Waals surface area contributed by atoms with Crippen LogP contribution >= 0.6 is 0 Å². The van der Waals surface area contributed by atoms with E-state index < -0.39 is 0 Å². The van der Waals surface area contributed by atoms with Gasteiger partial charge in [-0.2, -0.15) is 0 Å². The zero-order valence-corrected chi connectivity index (χ0v) is 10.7. The topological polar surface area (TPSA) is 24.9 Å². The Balaban J connectivity index is 1.80. The van der Waals surface area contributed by atoms with Crippen molar-refractivity contribution in [3.05, 3.63) is 53.9 Å². The van der Waals surface area contributed by atoms with Crippen molar-refractivity contribution in [1.82, 2.24) is 10.3 Å². The summed E-state index contributed by atoms with van der Waals surface area (Å²) < 4.78 is 0. The van der Waals surface area contributed by atoms with Gasteiger partial charge >= 0.3 is 0 Å². The van der Waals surface area contributed by atoms with E-state index in [4.69, 9.17) is 0 Å². The van der Waals surface area contributed by atoms with Gasteiger partial charge in [0.05, 0.1) is 0 Å². The first kappa shape index (κ1) is 11.4. The van der Waals surface area contributed by atoms with Gasteiger partial charge in [0.15, 0.2) is 0 Å². The van der Waals surface area contributed by atoms with Crippen LogP contribution in [0.2, 0.25) is 0 Å². The van der Waals surface area contributed by atoms with Gasteiger partial charge in [-0.15, -0.1) is 0 Å². The molecule has 18 heavy (non-hydrogen) atoms. The molecule has 1 aliphatic carbocycles. The molecular weight excluding hydrogens is 220 g/mol. The third-order valence-electron chi connectivity index (χ3n) is 3.32. The summed E-state index contributed by atoms with van der Waals surface area (Å²) in [6.45, 7) is 3.05. The number of hydrogen-bond donors (Lipinski definition) is 1. The lowest BCUT2D eigenvalue weighted by molar-refractivity contribution is 0.686. The van der Waals surface area contributed by atoms with Crippen molar-refractivity contribution in [2.75, 3.05) is 0 Å². The predicted molar refractivity (Wildman–Crippen MR) is 74.3 cm³/mol. The Labute approximate surface area is 108 Å². The molecule has 3 rings (SSSR count). The number of hydrogen-bond acceptors (Lipinski definition) is 2. The van der Waals surface area contributed by atoms with Crippen molar-refractivity contribution >= 4 is 0 Å². The van der Waals surface area contributed by atoms with Gasteiger partial charge in [0, 0.05) is 30.5 Å². The molecule has 92 valence electrons. The van der Waals surface area contributed by atoms with Gasteiger partial charge in [-0.05, 0) is 37.0 Å². The molecule has 1 aliphatic rings. The van der Waals surface area contributed by atoms with Crippen molar-refractivity contribution < 1.29 is 0 Å². The summed E-state index contributed by atoms with van der Waals surface area (Å²) in [5.74, 6) is 0. The van der Waals surface area contributed by atoms with Crippen LogP contribution in [0.1, 0.15) is 24.0 Å². The first-order chi connectivity index (χ1) is 8.81. The molecule has 1 aromatic carbocycles. The van der Waals surface area contributed by atoms with Crippen LogP contribution < -0.4 is 5.32 Å². The van der Waals surface area contributed by atoms with Crippen molar-refractivity contribution in [2.24, 2.45) is 0 Å². The number of benzene rings is 1. The number of nitrogens with zero attached hydrogens (tertiary/aromatic N) is 1. The zero-order chi connectivity index (χ0) is 12.4. The highest BCUT2D eigenvalue weighted by atomic mass is 14.9. The SMILES string of the molecule is Cc1cccc(-c2cncc(CNC3CC3)c2)c1. The van der Waals surface area contributed by atoms with E-state index in [1.165, 1.54) is 35.1 Å². The van der Waals surface area contributed by atoms with E-state index in [0.29, 0.717) is 0 Å². The predicted octanol–water partition coefficient (Wildman–Crippen LogP) is 3.31. The molecule has 1 aromatic heterocycles. The van der Waals surface area contributed by atoms with Crippen LogP contribution in [0.15, 0.2) is 42.7 Å². The minimum absolute atomic E-state index is 0.743. The molecule has 0 unspecified atom stereocenters. The molecule has 0 bridgehead atoms. The van der Waals surface area contributed by atoms with Crippen molar-refractivity contribution in [3.8, 4) is 11.1 Å². The van der Waals surface area contributed by atoms with Gasteiger partial charge in [-0.3, -0.25) is 4.98 Å². The monoisotopic (exact) mass is 238 g/mol. The quantitative estimate of drug-likeness (QED) is 0.884. The molecule has 0 spiro atoms. The van der Waals surface area contributed by atoms with E-state index in [0.717, 1.165) is 12.6 Å². The molecule has 1 N–H and O–H groups in total. The van der Waals surface area contributed by atoms with E-state index in [1.807, 2.05) is 12.4 Å². The summed E-state index contributed by atoms with van der Waals surface area (Å²) in [4.78, 5) is 4.35. The molecule has 0 amide bonds. The van der Waals surface area contributed by atoms with Crippen molar-refractivity contribution in [2.45, 2.75) is 32.4 Å². The lowest BCUT2D eigenvalue weighted by atomic mass is 10.0. The van der Waals surface area contributed by atoms with Gasteiger partial charge < -0.3 is 5.32 Å². The van der Waals surface area contributed by atoms with E-state index in [1.54, 1.807) is 0 Å². The normalized spacial score (nSPS) is 14.7. The maximum Gasteiger partial charge on any atom is 0.0346 e. The Bertz CT molecular complexity index is 544. The second kappa shape index (κ2) is 4.91. The molecule has 1 fully saturated rings. The van der Waals surface area contributed by atoms with Gasteiger partial charge in [0.25, 0.3) is 0 Å². The minimum atomic E-state index is 0.743. The lowest BCUT2D eigenvalue weighted by Crippen LogP contribution is -2.15. The molecule has 1 saturated carbocycles. The third kappa shape index (κ3) is 2.77. The molecule has 0 saturated heterocycles. The van der Waals surface area contributed by atoms with Crippen LogP contribution in [0, 0.1) is 6.92 Å². The fourth-order valence-electron chi connectivity index (χ4n) is 2.12. The van der Waals surface area contributed by atoms with Crippen LogP contribution in [0.4, 0.5) is 0 Å². The van der Waals surface area contributed by atoms with Crippen molar-refractivity contribution in [1.29, 1.82) is 0 Å². The summed E-state index contributed by atoms with van der Waals surface area (Å²) >= 11 is 0. The van der Waals surface area contributed by atoms with E-state index >= 15 is 0 Å². The minimum Gasteiger partial charge on any atom is -0.310 e. The van der Waals surface area contributed by atoms with Crippen LogP contribution in [-0.4, -0.2) is 11.0 Å². The van der Waals surface area contributed by atoms with Gasteiger partial charge in [-0.1, -0.05) is 29.8 Å². The number of nitrogens with one attached hydrogen (secondary N) is 1. The molecule has 0 atom stereocenters. The summed E-state index contributed by atoms with van der Waals surface area (Å²) in [7, 11) is 0. The second-order valence-corrected chi connectivity index (χ2v) is 5.11. The Kier molecular flexibility index (Phi) is 3.11. The smallest absolute Gasteiger partial charge is 0.0346 e. The average molecular weight is 238 g/mol. The fraction of sp³-hybridized carbons (Fsp3) is 0.312. The molecule has 2 nitrogen and oxygen atoms in total. The zero-order valence-electron chi connectivity index (χ0n) is 10.7. The summed E-state index contributed by atoms with van der Waals surface area (Å²) in [5, 5.41) is 3.52. The van der Waals surface area contributed by atoms with Crippen molar-refractivity contribution in [3.63, 3.8) is 0 Å². The molecular formula is C16H18N2. The van der Waals surface area contributed by atoms with Crippen LogP contribution in [0.3, 0.4) is 0 Å². The lowest BCUT2D eigenvalue weighted by Gasteiger charge is -2.06. The number of pyridine rings is 1. The van der Waals surface area contributed by atoms with E-state index in [9.17, 15) is 0 Å². The van der Waals surface area contributed by atoms with Crippen LogP contribution in [0.5, 0.6) is 0 Å². The maximum atomic E-state index is 4.35. The average Bonchev–Trinajstić information content (AvgIpc) is 3.21. The molecule has 0 aliphatic heterocycles.